The van der Waals surface area contributed by atoms with E-state index in [2.05, 4.69) is 20.5 Å². The lowest BCUT2D eigenvalue weighted by atomic mass is 10.2. The number of rotatable bonds is 6. The van der Waals surface area contributed by atoms with Gasteiger partial charge in [0, 0.05) is 38.2 Å². The van der Waals surface area contributed by atoms with Crippen LogP contribution in [-0.4, -0.2) is 59.8 Å². The number of nitrogens with zero attached hydrogens (tertiary/aromatic N) is 3. The van der Waals surface area contributed by atoms with Crippen molar-refractivity contribution in [3.8, 4) is 11.5 Å². The van der Waals surface area contributed by atoms with Crippen LogP contribution >= 0.6 is 24.0 Å². The summed E-state index contributed by atoms with van der Waals surface area (Å²) in [4.78, 5) is 23.4. The first-order valence-corrected chi connectivity index (χ1v) is 11.0. The molecule has 8 nitrogen and oxygen atoms in total. The number of aromatic nitrogens is 1. The van der Waals surface area contributed by atoms with E-state index < -0.39 is 11.7 Å². The third-order valence-electron chi connectivity index (χ3n) is 4.82. The number of halogens is 2. The van der Waals surface area contributed by atoms with Gasteiger partial charge in [0.15, 0.2) is 5.96 Å². The van der Waals surface area contributed by atoms with Crippen LogP contribution in [0.25, 0.3) is 11.5 Å². The summed E-state index contributed by atoms with van der Waals surface area (Å²) in [5, 5.41) is 6.25. The maximum Gasteiger partial charge on any atom is 0.407 e. The number of nitrogens with one attached hydrogen (secondary N) is 2. The lowest BCUT2D eigenvalue weighted by Crippen LogP contribution is -2.44. The molecule has 0 radical (unpaired) electrons. The molecule has 1 aliphatic rings. The Bertz CT molecular complexity index is 927. The van der Waals surface area contributed by atoms with Crippen LogP contribution in [0.1, 0.15) is 39.8 Å². The summed E-state index contributed by atoms with van der Waals surface area (Å²) in [5.41, 5.74) is 1.00. The van der Waals surface area contributed by atoms with Crippen molar-refractivity contribution in [2.75, 3.05) is 26.2 Å². The van der Waals surface area contributed by atoms with Crippen molar-refractivity contribution >= 4 is 36.0 Å². The molecule has 0 bridgehead atoms. The van der Waals surface area contributed by atoms with Gasteiger partial charge in [-0.2, -0.15) is 0 Å². The highest BCUT2D eigenvalue weighted by Gasteiger charge is 2.27. The van der Waals surface area contributed by atoms with Gasteiger partial charge >= 0.3 is 6.09 Å². The van der Waals surface area contributed by atoms with E-state index in [1.165, 1.54) is 12.1 Å². The summed E-state index contributed by atoms with van der Waals surface area (Å²) in [6, 6.07) is 6.06. The fraction of sp³-hybridized carbons (Fsp3) is 0.522. The van der Waals surface area contributed by atoms with Crippen molar-refractivity contribution in [3.05, 3.63) is 42.0 Å². The van der Waals surface area contributed by atoms with Gasteiger partial charge < -0.3 is 24.7 Å². The van der Waals surface area contributed by atoms with E-state index in [9.17, 15) is 9.18 Å². The number of alkyl carbamates (subject to hydrolysis) is 1. The summed E-state index contributed by atoms with van der Waals surface area (Å²) >= 11 is 0. The van der Waals surface area contributed by atoms with Crippen LogP contribution in [0.5, 0.6) is 0 Å². The monoisotopic (exact) mass is 573 g/mol. The fourth-order valence-electron chi connectivity index (χ4n) is 3.39. The zero-order valence-corrected chi connectivity index (χ0v) is 21.9. The summed E-state index contributed by atoms with van der Waals surface area (Å²) in [5.74, 6) is 0.978. The van der Waals surface area contributed by atoms with Gasteiger partial charge in [-0.1, -0.05) is 0 Å². The van der Waals surface area contributed by atoms with Gasteiger partial charge in [-0.05, 0) is 58.4 Å². The second kappa shape index (κ2) is 12.2. The molecular formula is C23H33FIN5O3. The highest BCUT2D eigenvalue weighted by Crippen LogP contribution is 2.19. The molecule has 2 heterocycles. The lowest BCUT2D eigenvalue weighted by Gasteiger charge is -2.23. The summed E-state index contributed by atoms with van der Waals surface area (Å²) in [6.07, 6.45) is 2.66. The predicted molar refractivity (Wildman–Crippen MR) is 136 cm³/mol. The number of hydrogen-bond donors (Lipinski definition) is 2. The minimum absolute atomic E-state index is 0. The van der Waals surface area contributed by atoms with Crippen molar-refractivity contribution in [2.24, 2.45) is 4.99 Å². The van der Waals surface area contributed by atoms with Gasteiger partial charge in [0.2, 0.25) is 5.89 Å². The topological polar surface area (TPSA) is 92.0 Å². The molecule has 182 valence electrons. The molecule has 33 heavy (non-hydrogen) atoms. The second-order valence-corrected chi connectivity index (χ2v) is 8.71. The molecule has 0 spiro atoms. The first-order valence-electron chi connectivity index (χ1n) is 11.0. The fourth-order valence-corrected chi connectivity index (χ4v) is 3.39. The quantitative estimate of drug-likeness (QED) is 0.306. The minimum Gasteiger partial charge on any atom is -0.444 e. The normalized spacial score (nSPS) is 16.3. The molecular weight excluding hydrogens is 540 g/mol. The molecule has 1 atom stereocenters. The third kappa shape index (κ3) is 8.49. The Morgan fingerprint density at radius 1 is 1.33 bits per heavy atom. The first-order chi connectivity index (χ1) is 15.2. The highest BCUT2D eigenvalue weighted by molar-refractivity contribution is 14.0. The van der Waals surface area contributed by atoms with Crippen molar-refractivity contribution in [3.63, 3.8) is 0 Å². The van der Waals surface area contributed by atoms with Crippen LogP contribution in [0.2, 0.25) is 0 Å². The van der Waals surface area contributed by atoms with E-state index in [4.69, 9.17) is 14.1 Å². The number of carbonyl (C=O) groups excluding carboxylic acids is 1. The third-order valence-corrected chi connectivity index (χ3v) is 4.82. The van der Waals surface area contributed by atoms with E-state index >= 15 is 0 Å². The number of likely N-dealkylation sites (tertiary alicyclic amines) is 1. The van der Waals surface area contributed by atoms with Crippen LogP contribution < -0.4 is 10.6 Å². The molecule has 10 heteroatoms. The average molecular weight is 573 g/mol. The number of guanidine groups is 1. The SMILES string of the molecule is CCNC(=NCCc1coc(-c2ccc(F)cc2)n1)N1CCC(NC(=O)OC(C)(C)C)C1.I. The number of ether oxygens (including phenoxy) is 1. The molecule has 1 aromatic carbocycles. The number of amides is 1. The van der Waals surface area contributed by atoms with Gasteiger partial charge in [-0.25, -0.2) is 14.2 Å². The maximum absolute atomic E-state index is 13.1. The number of aliphatic imine (C=N–C) groups is 1. The molecule has 2 N–H and O–H groups in total. The van der Waals surface area contributed by atoms with Crippen LogP contribution in [-0.2, 0) is 11.2 Å². The van der Waals surface area contributed by atoms with Crippen LogP contribution in [0.15, 0.2) is 39.9 Å². The Hall–Kier alpha value is -2.37. The average Bonchev–Trinajstić information content (AvgIpc) is 3.36. The molecule has 1 amide bonds. The number of hydrogen-bond acceptors (Lipinski definition) is 5. The maximum atomic E-state index is 13.1. The number of benzene rings is 1. The zero-order chi connectivity index (χ0) is 23.1. The van der Waals surface area contributed by atoms with Crippen molar-refractivity contribution in [1.82, 2.24) is 20.5 Å². The van der Waals surface area contributed by atoms with E-state index in [1.807, 2.05) is 27.7 Å². The molecule has 1 aliphatic heterocycles. The largest absolute Gasteiger partial charge is 0.444 e. The van der Waals surface area contributed by atoms with E-state index in [1.54, 1.807) is 18.4 Å². The molecule has 1 fully saturated rings. The molecule has 1 saturated heterocycles. The van der Waals surface area contributed by atoms with E-state index in [0.717, 1.165) is 36.7 Å². The Kier molecular flexibility index (Phi) is 9.93. The Morgan fingerprint density at radius 3 is 2.73 bits per heavy atom. The van der Waals surface area contributed by atoms with Crippen molar-refractivity contribution in [2.45, 2.75) is 52.2 Å². The molecule has 0 saturated carbocycles. The summed E-state index contributed by atoms with van der Waals surface area (Å²) < 4.78 is 24.0. The Labute approximate surface area is 211 Å². The molecule has 1 unspecified atom stereocenters. The van der Waals surface area contributed by atoms with E-state index in [-0.39, 0.29) is 35.8 Å². The standard InChI is InChI=1S/C23H32FN5O3.HI/c1-5-25-21(29-13-11-18(14-29)28-22(30)32-23(2,3)4)26-12-10-19-15-31-20(27-19)16-6-8-17(24)9-7-16;/h6-9,15,18H,5,10-14H2,1-4H3,(H,25,26)(H,28,30);1H. The lowest BCUT2D eigenvalue weighted by molar-refractivity contribution is 0.0507. The van der Waals surface area contributed by atoms with E-state index in [0.29, 0.717) is 25.4 Å². The van der Waals surface area contributed by atoms with Crippen LogP contribution in [0.3, 0.4) is 0 Å². The number of oxazole rings is 1. The Balaban J connectivity index is 0.00000385. The molecule has 2 aromatic rings. The van der Waals surface area contributed by atoms with Crippen LogP contribution in [0, 0.1) is 5.82 Å². The van der Waals surface area contributed by atoms with Gasteiger partial charge in [-0.15, -0.1) is 24.0 Å². The first kappa shape index (κ1) is 26.9. The molecule has 1 aromatic heterocycles. The molecule has 3 rings (SSSR count). The highest BCUT2D eigenvalue weighted by atomic mass is 127. The zero-order valence-electron chi connectivity index (χ0n) is 19.6. The van der Waals surface area contributed by atoms with Gasteiger partial charge in [0.1, 0.15) is 17.7 Å². The summed E-state index contributed by atoms with van der Waals surface area (Å²) in [6.45, 7) is 10.3. The van der Waals surface area contributed by atoms with Crippen LogP contribution in [0.4, 0.5) is 9.18 Å². The Morgan fingerprint density at radius 2 is 2.06 bits per heavy atom. The van der Waals surface area contributed by atoms with Crippen molar-refractivity contribution in [1.29, 1.82) is 0 Å². The minimum atomic E-state index is -0.517. The van der Waals surface area contributed by atoms with Gasteiger partial charge in [-0.3, -0.25) is 4.99 Å². The van der Waals surface area contributed by atoms with Crippen molar-refractivity contribution < 1.29 is 18.3 Å². The summed E-state index contributed by atoms with van der Waals surface area (Å²) in [7, 11) is 0. The predicted octanol–water partition coefficient (Wildman–Crippen LogP) is 4.21. The van der Waals surface area contributed by atoms with Gasteiger partial charge in [0.25, 0.3) is 0 Å². The smallest absolute Gasteiger partial charge is 0.407 e. The van der Waals surface area contributed by atoms with Gasteiger partial charge in [0.05, 0.1) is 11.7 Å². The second-order valence-electron chi connectivity index (χ2n) is 8.71. The number of carbonyl (C=O) groups is 1. The molecule has 0 aliphatic carbocycles.